The highest BCUT2D eigenvalue weighted by atomic mass is 31.2. The predicted octanol–water partition coefficient (Wildman–Crippen LogP) is 16.0. The van der Waals surface area contributed by atoms with Gasteiger partial charge in [0, 0.05) is 12.8 Å². The monoisotopic (exact) mass is 925 g/mol. The van der Waals surface area contributed by atoms with E-state index in [-0.39, 0.29) is 32.0 Å². The Hall–Kier alpha value is -1.77. The van der Waals surface area contributed by atoms with Crippen LogP contribution in [0.5, 0.6) is 0 Å². The van der Waals surface area contributed by atoms with Crippen LogP contribution in [0.1, 0.15) is 245 Å². The molecular weight excluding hydrogens is 822 g/mol. The van der Waals surface area contributed by atoms with Crippen LogP contribution >= 0.6 is 7.82 Å². The van der Waals surface area contributed by atoms with Crippen molar-refractivity contribution < 1.29 is 42.1 Å². The van der Waals surface area contributed by atoms with Gasteiger partial charge in [-0.1, -0.05) is 204 Å². The molecule has 2 atom stereocenters. The van der Waals surface area contributed by atoms with Gasteiger partial charge in [-0.25, -0.2) is 4.57 Å². The second-order valence-corrected chi connectivity index (χ2v) is 20.7. The van der Waals surface area contributed by atoms with Crippen molar-refractivity contribution in [3.63, 3.8) is 0 Å². The normalized spacial score (nSPS) is 13.7. The van der Waals surface area contributed by atoms with E-state index in [1.54, 1.807) is 0 Å². The van der Waals surface area contributed by atoms with E-state index in [0.717, 1.165) is 51.4 Å². The maximum absolute atomic E-state index is 12.8. The summed E-state index contributed by atoms with van der Waals surface area (Å²) in [6, 6.07) is 0. The highest BCUT2D eigenvalue weighted by Gasteiger charge is 2.27. The van der Waals surface area contributed by atoms with Crippen molar-refractivity contribution in [3.05, 3.63) is 36.5 Å². The fourth-order valence-electron chi connectivity index (χ4n) is 7.46. The molecule has 1 unspecified atom stereocenters. The highest BCUT2D eigenvalue weighted by Crippen LogP contribution is 2.43. The van der Waals surface area contributed by atoms with Crippen LogP contribution in [-0.4, -0.2) is 74.9 Å². The standard InChI is InChI=1S/C54H102NO8P/c1-6-8-10-12-14-16-18-20-22-24-25-26-27-28-29-31-33-35-37-39-41-43-45-47-54(57)63-52(51-62-64(58,59)61-49-48-55(3,4)5)50-60-53(56)46-44-42-40-38-36-34-32-30-23-21-19-17-15-13-11-9-7-2/h15,17,21,23,39,41,52H,6-14,16,18-20,22,24-38,40,42-51H2,1-5H3/p+1/b17-15+,23-21+,41-39+/t52-/m1/s1. The Kier molecular flexibility index (Phi) is 45.1. The number of hydrogen-bond acceptors (Lipinski definition) is 7. The molecule has 0 aliphatic carbocycles. The third kappa shape index (κ3) is 49.7. The molecule has 376 valence electrons. The maximum atomic E-state index is 12.8. The lowest BCUT2D eigenvalue weighted by Gasteiger charge is -2.24. The minimum atomic E-state index is -4.39. The first kappa shape index (κ1) is 62.2. The van der Waals surface area contributed by atoms with Gasteiger partial charge in [-0.3, -0.25) is 18.6 Å². The molecule has 10 heteroatoms. The van der Waals surface area contributed by atoms with Crippen LogP contribution in [0.25, 0.3) is 0 Å². The van der Waals surface area contributed by atoms with Crippen molar-refractivity contribution in [2.75, 3.05) is 47.5 Å². The number of carbonyl (C=O) groups is 2. The molecule has 0 radical (unpaired) electrons. The first-order valence-electron chi connectivity index (χ1n) is 26.7. The van der Waals surface area contributed by atoms with Gasteiger partial charge in [-0.05, 0) is 64.2 Å². The Morgan fingerprint density at radius 2 is 0.859 bits per heavy atom. The van der Waals surface area contributed by atoms with Crippen LogP contribution in [0, 0.1) is 0 Å². The maximum Gasteiger partial charge on any atom is 0.472 e. The van der Waals surface area contributed by atoms with Gasteiger partial charge in [0.2, 0.25) is 0 Å². The molecule has 0 spiro atoms. The van der Waals surface area contributed by atoms with Gasteiger partial charge in [0.25, 0.3) is 0 Å². The van der Waals surface area contributed by atoms with Crippen LogP contribution in [0.2, 0.25) is 0 Å². The second-order valence-electron chi connectivity index (χ2n) is 19.3. The molecule has 64 heavy (non-hydrogen) atoms. The van der Waals surface area contributed by atoms with Gasteiger partial charge in [0.15, 0.2) is 6.10 Å². The third-order valence-corrected chi connectivity index (χ3v) is 12.6. The molecule has 0 aromatic rings. The highest BCUT2D eigenvalue weighted by molar-refractivity contribution is 7.47. The number of quaternary nitrogens is 1. The molecule has 0 amide bonds. The molecule has 0 bridgehead atoms. The predicted molar refractivity (Wildman–Crippen MR) is 270 cm³/mol. The van der Waals surface area contributed by atoms with Crippen LogP contribution in [0.15, 0.2) is 36.5 Å². The van der Waals surface area contributed by atoms with Crippen LogP contribution in [-0.2, 0) is 32.7 Å². The zero-order valence-corrected chi connectivity index (χ0v) is 43.4. The van der Waals surface area contributed by atoms with Gasteiger partial charge >= 0.3 is 19.8 Å². The van der Waals surface area contributed by atoms with Crippen molar-refractivity contribution in [1.29, 1.82) is 0 Å². The molecule has 0 heterocycles. The topological polar surface area (TPSA) is 108 Å². The molecule has 0 aromatic heterocycles. The van der Waals surface area contributed by atoms with E-state index in [2.05, 4.69) is 50.3 Å². The van der Waals surface area contributed by atoms with Gasteiger partial charge < -0.3 is 18.9 Å². The van der Waals surface area contributed by atoms with Gasteiger partial charge in [-0.2, -0.15) is 0 Å². The SMILES string of the molecule is CCCCC/C=C/C/C=C/CCCCCCCCCC(=O)OC[C@H](COP(=O)(O)OCC[N+](C)(C)C)OC(=O)CCC/C=C/CCCCCCCCCCCCCCCCCCCC. The summed E-state index contributed by atoms with van der Waals surface area (Å²) in [6.07, 6.45) is 55.0. The average Bonchev–Trinajstić information content (AvgIpc) is 3.25. The Bertz CT molecular complexity index is 1180. The molecule has 1 N–H and O–H groups in total. The summed E-state index contributed by atoms with van der Waals surface area (Å²) >= 11 is 0. The summed E-state index contributed by atoms with van der Waals surface area (Å²) in [7, 11) is 1.46. The number of unbranched alkanes of at least 4 members (excludes halogenated alkanes) is 29. The Morgan fingerprint density at radius 3 is 1.33 bits per heavy atom. The largest absolute Gasteiger partial charge is 0.472 e. The zero-order valence-electron chi connectivity index (χ0n) is 42.5. The van der Waals surface area contributed by atoms with Crippen LogP contribution < -0.4 is 0 Å². The van der Waals surface area contributed by atoms with Crippen molar-refractivity contribution in [2.45, 2.75) is 251 Å². The molecule has 9 nitrogen and oxygen atoms in total. The summed E-state index contributed by atoms with van der Waals surface area (Å²) in [5, 5.41) is 0. The molecule has 0 fully saturated rings. The number of nitrogens with zero attached hydrogens (tertiary/aromatic N) is 1. The lowest BCUT2D eigenvalue weighted by Crippen LogP contribution is -2.37. The lowest BCUT2D eigenvalue weighted by molar-refractivity contribution is -0.870. The number of phosphoric acid groups is 1. The Balaban J connectivity index is 4.24. The molecule has 0 aliphatic heterocycles. The molecule has 0 saturated carbocycles. The Morgan fingerprint density at radius 1 is 0.484 bits per heavy atom. The fraction of sp³-hybridized carbons (Fsp3) is 0.852. The van der Waals surface area contributed by atoms with E-state index in [1.807, 2.05) is 21.1 Å². The summed E-state index contributed by atoms with van der Waals surface area (Å²) in [5.74, 6) is -0.837. The quantitative estimate of drug-likeness (QED) is 0.0211. The third-order valence-electron chi connectivity index (χ3n) is 11.6. The van der Waals surface area contributed by atoms with Crippen molar-refractivity contribution in [2.24, 2.45) is 0 Å². The van der Waals surface area contributed by atoms with Crippen LogP contribution in [0.3, 0.4) is 0 Å². The fourth-order valence-corrected chi connectivity index (χ4v) is 8.20. The zero-order chi connectivity index (χ0) is 47.1. The summed E-state index contributed by atoms with van der Waals surface area (Å²) in [4.78, 5) is 35.5. The average molecular weight is 925 g/mol. The minimum Gasteiger partial charge on any atom is -0.462 e. The molecular formula is C54H103NO8P+. The van der Waals surface area contributed by atoms with E-state index in [4.69, 9.17) is 18.5 Å². The van der Waals surface area contributed by atoms with Crippen LogP contribution in [0.4, 0.5) is 0 Å². The number of rotatable bonds is 49. The number of likely N-dealkylation sites (N-methyl/N-ethyl adjacent to an activating group) is 1. The first-order valence-corrected chi connectivity index (χ1v) is 28.2. The van der Waals surface area contributed by atoms with Crippen molar-refractivity contribution in [1.82, 2.24) is 0 Å². The molecule has 0 rings (SSSR count). The molecule has 0 aliphatic rings. The minimum absolute atomic E-state index is 0.0263. The number of ether oxygens (including phenoxy) is 2. The molecule has 0 aromatic carbocycles. The van der Waals surface area contributed by atoms with Gasteiger partial charge in [-0.15, -0.1) is 0 Å². The first-order chi connectivity index (χ1) is 31.0. The number of hydrogen-bond donors (Lipinski definition) is 1. The second kappa shape index (κ2) is 46.3. The van der Waals surface area contributed by atoms with E-state index in [9.17, 15) is 19.0 Å². The summed E-state index contributed by atoms with van der Waals surface area (Å²) < 4.78 is 34.4. The number of allylic oxidation sites excluding steroid dienone is 6. The van der Waals surface area contributed by atoms with E-state index < -0.39 is 26.5 Å². The van der Waals surface area contributed by atoms with Crippen molar-refractivity contribution in [3.8, 4) is 0 Å². The summed E-state index contributed by atoms with van der Waals surface area (Å²) in [5.41, 5.74) is 0. The van der Waals surface area contributed by atoms with E-state index in [0.29, 0.717) is 17.4 Å². The number of carbonyl (C=O) groups excluding carboxylic acids is 2. The molecule has 0 saturated heterocycles. The number of phosphoric ester groups is 1. The summed E-state index contributed by atoms with van der Waals surface area (Å²) in [6.45, 7) is 4.40. The lowest BCUT2D eigenvalue weighted by atomic mass is 10.0. The smallest absolute Gasteiger partial charge is 0.462 e. The van der Waals surface area contributed by atoms with Gasteiger partial charge in [0.05, 0.1) is 27.7 Å². The van der Waals surface area contributed by atoms with Crippen molar-refractivity contribution >= 4 is 19.8 Å². The Labute approximate surface area is 395 Å². The van der Waals surface area contributed by atoms with E-state index >= 15 is 0 Å². The number of esters is 2. The van der Waals surface area contributed by atoms with Gasteiger partial charge in [0.1, 0.15) is 19.8 Å². The van der Waals surface area contributed by atoms with E-state index in [1.165, 1.54) is 161 Å².